The molecule has 1 aliphatic rings. The molecule has 0 aromatic heterocycles. The molecule has 0 aliphatic carbocycles. The van der Waals surface area contributed by atoms with Crippen LogP contribution in [0.15, 0.2) is 0 Å². The van der Waals surface area contributed by atoms with Crippen molar-refractivity contribution in [3.63, 3.8) is 0 Å². The lowest BCUT2D eigenvalue weighted by Gasteiger charge is -2.21. The number of nitrogens with zero attached hydrogens (tertiary/aromatic N) is 1. The molecule has 1 rings (SSSR count). The highest BCUT2D eigenvalue weighted by Crippen LogP contribution is 2.19. The SMILES string of the molecule is CC(C)CNCC1CCC(CN(C)CCS(C)(=O)=O)O1. The first-order chi connectivity index (χ1) is 9.26. The maximum Gasteiger partial charge on any atom is 0.148 e. The number of likely N-dealkylation sites (N-methyl/N-ethyl adjacent to an activating group) is 1. The van der Waals surface area contributed by atoms with E-state index in [9.17, 15) is 8.42 Å². The van der Waals surface area contributed by atoms with Gasteiger partial charge in [-0.2, -0.15) is 0 Å². The fourth-order valence-electron chi connectivity index (χ4n) is 2.36. The van der Waals surface area contributed by atoms with Gasteiger partial charge in [0.05, 0.1) is 18.0 Å². The van der Waals surface area contributed by atoms with Gasteiger partial charge in [0, 0.05) is 25.9 Å². The summed E-state index contributed by atoms with van der Waals surface area (Å²) >= 11 is 0. The van der Waals surface area contributed by atoms with Gasteiger partial charge >= 0.3 is 0 Å². The van der Waals surface area contributed by atoms with Crippen LogP contribution >= 0.6 is 0 Å². The number of hydrogen-bond donors (Lipinski definition) is 1. The maximum atomic E-state index is 11.1. The number of ether oxygens (including phenoxy) is 1. The Morgan fingerprint density at radius 3 is 2.55 bits per heavy atom. The third-order valence-corrected chi connectivity index (χ3v) is 4.40. The molecular formula is C14H30N2O3S. The highest BCUT2D eigenvalue weighted by molar-refractivity contribution is 7.90. The molecule has 2 unspecified atom stereocenters. The van der Waals surface area contributed by atoms with Crippen molar-refractivity contribution in [1.82, 2.24) is 10.2 Å². The van der Waals surface area contributed by atoms with Crippen LogP contribution in [0.2, 0.25) is 0 Å². The van der Waals surface area contributed by atoms with Gasteiger partial charge in [0.2, 0.25) is 0 Å². The predicted molar refractivity (Wildman–Crippen MR) is 82.8 cm³/mol. The van der Waals surface area contributed by atoms with Crippen molar-refractivity contribution in [2.75, 3.05) is 45.2 Å². The van der Waals surface area contributed by atoms with Gasteiger partial charge in [-0.3, -0.25) is 0 Å². The molecule has 20 heavy (non-hydrogen) atoms. The van der Waals surface area contributed by atoms with Crippen LogP contribution in [-0.4, -0.2) is 70.8 Å². The predicted octanol–water partition coefficient (Wildman–Crippen LogP) is 0.756. The van der Waals surface area contributed by atoms with Crippen LogP contribution in [0.25, 0.3) is 0 Å². The fourth-order valence-corrected chi connectivity index (χ4v) is 3.00. The van der Waals surface area contributed by atoms with E-state index in [1.54, 1.807) is 0 Å². The average molecular weight is 306 g/mol. The van der Waals surface area contributed by atoms with E-state index in [1.807, 2.05) is 7.05 Å². The van der Waals surface area contributed by atoms with E-state index in [0.29, 0.717) is 18.6 Å². The van der Waals surface area contributed by atoms with Gasteiger partial charge in [-0.25, -0.2) is 8.42 Å². The van der Waals surface area contributed by atoms with Gasteiger partial charge in [0.1, 0.15) is 9.84 Å². The lowest BCUT2D eigenvalue weighted by molar-refractivity contribution is 0.0286. The Bertz CT molecular complexity index is 371. The van der Waals surface area contributed by atoms with Crippen molar-refractivity contribution < 1.29 is 13.2 Å². The Balaban J connectivity index is 2.17. The first-order valence-corrected chi connectivity index (χ1v) is 9.54. The van der Waals surface area contributed by atoms with E-state index >= 15 is 0 Å². The first kappa shape index (κ1) is 17.9. The molecular weight excluding hydrogens is 276 g/mol. The summed E-state index contributed by atoms with van der Waals surface area (Å²) in [5, 5.41) is 3.43. The second-order valence-corrected chi connectivity index (χ2v) is 8.66. The standard InChI is InChI=1S/C14H30N2O3S/c1-12(2)9-15-10-13-5-6-14(19-13)11-16(3)7-8-20(4,17)18/h12-15H,5-11H2,1-4H3. The van der Waals surface area contributed by atoms with Gasteiger partial charge in [-0.15, -0.1) is 0 Å². The van der Waals surface area contributed by atoms with Crippen LogP contribution in [0.3, 0.4) is 0 Å². The second-order valence-electron chi connectivity index (χ2n) is 6.40. The van der Waals surface area contributed by atoms with Crippen LogP contribution in [0.5, 0.6) is 0 Å². The zero-order chi connectivity index (χ0) is 15.2. The fraction of sp³-hybridized carbons (Fsp3) is 1.00. The van der Waals surface area contributed by atoms with E-state index in [4.69, 9.17) is 4.74 Å². The third-order valence-electron chi connectivity index (χ3n) is 3.48. The summed E-state index contributed by atoms with van der Waals surface area (Å²) in [6, 6.07) is 0. The Morgan fingerprint density at radius 2 is 1.95 bits per heavy atom. The minimum absolute atomic E-state index is 0.218. The average Bonchev–Trinajstić information content (AvgIpc) is 2.73. The molecule has 2 atom stereocenters. The smallest absolute Gasteiger partial charge is 0.148 e. The van der Waals surface area contributed by atoms with E-state index in [-0.39, 0.29) is 11.9 Å². The zero-order valence-corrected chi connectivity index (χ0v) is 14.1. The van der Waals surface area contributed by atoms with Gasteiger partial charge in [0.25, 0.3) is 0 Å². The molecule has 1 heterocycles. The van der Waals surface area contributed by atoms with Crippen molar-refractivity contribution >= 4 is 9.84 Å². The number of hydrogen-bond acceptors (Lipinski definition) is 5. The van der Waals surface area contributed by atoms with Crippen molar-refractivity contribution in [3.05, 3.63) is 0 Å². The Morgan fingerprint density at radius 1 is 1.30 bits per heavy atom. The molecule has 0 amide bonds. The van der Waals surface area contributed by atoms with E-state index in [0.717, 1.165) is 32.5 Å². The monoisotopic (exact) mass is 306 g/mol. The lowest BCUT2D eigenvalue weighted by Crippen LogP contribution is -2.34. The first-order valence-electron chi connectivity index (χ1n) is 7.48. The molecule has 120 valence electrons. The molecule has 0 saturated carbocycles. The quantitative estimate of drug-likeness (QED) is 0.681. The third kappa shape index (κ3) is 8.19. The molecule has 1 saturated heterocycles. The van der Waals surface area contributed by atoms with E-state index < -0.39 is 9.84 Å². The molecule has 0 aromatic carbocycles. The van der Waals surface area contributed by atoms with E-state index in [2.05, 4.69) is 24.1 Å². The number of nitrogens with one attached hydrogen (secondary N) is 1. The van der Waals surface area contributed by atoms with Gasteiger partial charge in [0.15, 0.2) is 0 Å². The van der Waals surface area contributed by atoms with Gasteiger partial charge in [-0.05, 0) is 32.4 Å². The molecule has 0 bridgehead atoms. The maximum absolute atomic E-state index is 11.1. The molecule has 5 nitrogen and oxygen atoms in total. The van der Waals surface area contributed by atoms with Crippen LogP contribution in [0.4, 0.5) is 0 Å². The highest BCUT2D eigenvalue weighted by Gasteiger charge is 2.25. The highest BCUT2D eigenvalue weighted by atomic mass is 32.2. The van der Waals surface area contributed by atoms with Gasteiger partial charge < -0.3 is 15.0 Å². The molecule has 0 spiro atoms. The summed E-state index contributed by atoms with van der Waals surface area (Å²) in [6.07, 6.45) is 3.99. The van der Waals surface area contributed by atoms with Crippen molar-refractivity contribution in [2.24, 2.45) is 5.92 Å². The molecule has 6 heteroatoms. The molecule has 0 aromatic rings. The van der Waals surface area contributed by atoms with Crippen LogP contribution < -0.4 is 5.32 Å². The van der Waals surface area contributed by atoms with Crippen molar-refractivity contribution in [1.29, 1.82) is 0 Å². The summed E-state index contributed by atoms with van der Waals surface area (Å²) in [5.41, 5.74) is 0. The Labute approximate surface area is 124 Å². The Kier molecular flexibility index (Phi) is 7.43. The summed E-state index contributed by atoms with van der Waals surface area (Å²) in [6.45, 7) is 7.73. The molecule has 1 fully saturated rings. The number of sulfone groups is 1. The molecule has 1 N–H and O–H groups in total. The topological polar surface area (TPSA) is 58.6 Å². The van der Waals surface area contributed by atoms with Gasteiger partial charge in [-0.1, -0.05) is 13.8 Å². The second kappa shape index (κ2) is 8.32. The summed E-state index contributed by atoms with van der Waals surface area (Å²) in [5.74, 6) is 0.879. The van der Waals surface area contributed by atoms with Crippen LogP contribution in [-0.2, 0) is 14.6 Å². The minimum Gasteiger partial charge on any atom is -0.372 e. The summed E-state index contributed by atoms with van der Waals surface area (Å²) < 4.78 is 28.3. The normalized spacial score (nSPS) is 23.9. The lowest BCUT2D eigenvalue weighted by atomic mass is 10.2. The van der Waals surface area contributed by atoms with Crippen LogP contribution in [0.1, 0.15) is 26.7 Å². The number of rotatable bonds is 9. The van der Waals surface area contributed by atoms with Crippen molar-refractivity contribution in [2.45, 2.75) is 38.9 Å². The van der Waals surface area contributed by atoms with Crippen LogP contribution in [0, 0.1) is 5.92 Å². The van der Waals surface area contributed by atoms with E-state index in [1.165, 1.54) is 6.26 Å². The molecule has 1 aliphatic heterocycles. The summed E-state index contributed by atoms with van der Waals surface area (Å²) in [7, 11) is -0.919. The zero-order valence-electron chi connectivity index (χ0n) is 13.3. The Hall–Kier alpha value is -0.170. The van der Waals surface area contributed by atoms with Crippen molar-refractivity contribution in [3.8, 4) is 0 Å². The minimum atomic E-state index is -2.88. The largest absolute Gasteiger partial charge is 0.372 e. The summed E-state index contributed by atoms with van der Waals surface area (Å²) in [4.78, 5) is 2.05. The molecule has 0 radical (unpaired) electrons.